The van der Waals surface area contributed by atoms with Crippen molar-refractivity contribution in [2.45, 2.75) is 12.8 Å². The summed E-state index contributed by atoms with van der Waals surface area (Å²) in [7, 11) is 2.23. The maximum absolute atomic E-state index is 2.46. The van der Waals surface area contributed by atoms with Crippen molar-refractivity contribution in [3.8, 4) is 0 Å². The minimum absolute atomic E-state index is 0.981. The highest BCUT2D eigenvalue weighted by Crippen LogP contribution is 2.31. The van der Waals surface area contributed by atoms with Gasteiger partial charge in [0.2, 0.25) is 0 Å². The third-order valence-corrected chi connectivity index (χ3v) is 2.80. The molecule has 0 aromatic carbocycles. The van der Waals surface area contributed by atoms with Gasteiger partial charge in [0.05, 0.1) is 0 Å². The molecular formula is C9H15N. The molecule has 2 rings (SSSR count). The van der Waals surface area contributed by atoms with Gasteiger partial charge in [-0.2, -0.15) is 0 Å². The van der Waals surface area contributed by atoms with E-state index in [1.54, 1.807) is 0 Å². The van der Waals surface area contributed by atoms with Crippen LogP contribution in [0.25, 0.3) is 0 Å². The number of likely N-dealkylation sites (tertiary alicyclic amines) is 1. The summed E-state index contributed by atoms with van der Waals surface area (Å²) in [5.74, 6) is 1.96. The van der Waals surface area contributed by atoms with Crippen LogP contribution in [-0.4, -0.2) is 25.0 Å². The molecule has 1 aliphatic carbocycles. The Morgan fingerprint density at radius 2 is 1.60 bits per heavy atom. The third kappa shape index (κ3) is 0.988. The third-order valence-electron chi connectivity index (χ3n) is 2.80. The molecule has 1 fully saturated rings. The molecule has 2 atom stereocenters. The molecule has 0 N–H and O–H groups in total. The maximum atomic E-state index is 2.46. The SMILES string of the molecule is CN1CC2CC=CCC2C1. The molecular weight excluding hydrogens is 122 g/mol. The van der Waals surface area contributed by atoms with Crippen LogP contribution in [0, 0.1) is 11.8 Å². The Bertz CT molecular complexity index is 135. The van der Waals surface area contributed by atoms with Crippen molar-refractivity contribution in [2.24, 2.45) is 11.8 Å². The number of hydrogen-bond acceptors (Lipinski definition) is 1. The first kappa shape index (κ1) is 6.41. The Kier molecular flexibility index (Phi) is 1.53. The van der Waals surface area contributed by atoms with E-state index in [-0.39, 0.29) is 0 Å². The molecule has 0 aromatic rings. The van der Waals surface area contributed by atoms with Gasteiger partial charge in [0, 0.05) is 13.1 Å². The van der Waals surface area contributed by atoms with Crippen LogP contribution in [0.2, 0.25) is 0 Å². The maximum Gasteiger partial charge on any atom is 0.00129 e. The summed E-state index contributed by atoms with van der Waals surface area (Å²) in [5.41, 5.74) is 0. The number of allylic oxidation sites excluding steroid dienone is 2. The summed E-state index contributed by atoms with van der Waals surface area (Å²) in [6, 6.07) is 0. The van der Waals surface area contributed by atoms with Crippen molar-refractivity contribution in [2.75, 3.05) is 20.1 Å². The zero-order chi connectivity index (χ0) is 6.97. The van der Waals surface area contributed by atoms with Crippen molar-refractivity contribution in [3.05, 3.63) is 12.2 Å². The number of hydrogen-bond donors (Lipinski definition) is 0. The zero-order valence-electron chi connectivity index (χ0n) is 6.59. The molecule has 0 aromatic heterocycles. The van der Waals surface area contributed by atoms with Gasteiger partial charge in [-0.15, -0.1) is 0 Å². The zero-order valence-corrected chi connectivity index (χ0v) is 6.59. The van der Waals surface area contributed by atoms with Crippen molar-refractivity contribution >= 4 is 0 Å². The van der Waals surface area contributed by atoms with E-state index in [0.29, 0.717) is 0 Å². The normalized spacial score (nSPS) is 40.1. The van der Waals surface area contributed by atoms with Crippen LogP contribution >= 0.6 is 0 Å². The van der Waals surface area contributed by atoms with Crippen molar-refractivity contribution in [1.29, 1.82) is 0 Å². The fraction of sp³-hybridized carbons (Fsp3) is 0.778. The first-order valence-corrected chi connectivity index (χ1v) is 4.20. The summed E-state index contributed by atoms with van der Waals surface area (Å²) in [5, 5.41) is 0. The van der Waals surface area contributed by atoms with Crippen LogP contribution in [0.1, 0.15) is 12.8 Å². The lowest BCUT2D eigenvalue weighted by Gasteiger charge is -2.18. The van der Waals surface area contributed by atoms with E-state index in [1.807, 2.05) is 0 Å². The Morgan fingerprint density at radius 3 is 2.10 bits per heavy atom. The summed E-state index contributed by atoms with van der Waals surface area (Å²) in [6.45, 7) is 2.66. The standard InChI is InChI=1S/C9H15N/c1-10-6-8-4-2-3-5-9(8)7-10/h2-3,8-9H,4-7H2,1H3. The molecule has 56 valence electrons. The van der Waals surface area contributed by atoms with E-state index in [0.717, 1.165) is 11.8 Å². The lowest BCUT2D eigenvalue weighted by atomic mass is 9.86. The highest BCUT2D eigenvalue weighted by atomic mass is 15.1. The van der Waals surface area contributed by atoms with E-state index in [1.165, 1.54) is 25.9 Å². The molecule has 10 heavy (non-hydrogen) atoms. The largest absolute Gasteiger partial charge is 0.306 e. The second-order valence-corrected chi connectivity index (χ2v) is 3.68. The first-order valence-electron chi connectivity index (χ1n) is 4.20. The topological polar surface area (TPSA) is 3.24 Å². The predicted octanol–water partition coefficient (Wildman–Crippen LogP) is 1.51. The number of rotatable bonds is 0. The van der Waals surface area contributed by atoms with Crippen LogP contribution in [0.3, 0.4) is 0 Å². The lowest BCUT2D eigenvalue weighted by Crippen LogP contribution is -2.13. The minimum atomic E-state index is 0.981. The van der Waals surface area contributed by atoms with Crippen molar-refractivity contribution in [3.63, 3.8) is 0 Å². The molecule has 0 spiro atoms. The molecule has 2 aliphatic rings. The van der Waals surface area contributed by atoms with Gasteiger partial charge in [-0.3, -0.25) is 0 Å². The van der Waals surface area contributed by atoms with Gasteiger partial charge in [0.1, 0.15) is 0 Å². The quantitative estimate of drug-likeness (QED) is 0.457. The summed E-state index contributed by atoms with van der Waals surface area (Å²) >= 11 is 0. The van der Waals surface area contributed by atoms with Gasteiger partial charge in [-0.25, -0.2) is 0 Å². The van der Waals surface area contributed by atoms with Crippen LogP contribution < -0.4 is 0 Å². The number of nitrogens with zero attached hydrogens (tertiary/aromatic N) is 1. The highest BCUT2D eigenvalue weighted by molar-refractivity contribution is 4.98. The van der Waals surface area contributed by atoms with Crippen LogP contribution in [-0.2, 0) is 0 Å². The average molecular weight is 137 g/mol. The smallest absolute Gasteiger partial charge is 0.00129 e. The fourth-order valence-corrected chi connectivity index (χ4v) is 2.25. The fourth-order valence-electron chi connectivity index (χ4n) is 2.25. The second-order valence-electron chi connectivity index (χ2n) is 3.68. The molecule has 2 unspecified atom stereocenters. The molecule has 0 bridgehead atoms. The summed E-state index contributed by atoms with van der Waals surface area (Å²) in [4.78, 5) is 2.46. The van der Waals surface area contributed by atoms with E-state index in [9.17, 15) is 0 Å². The Morgan fingerprint density at radius 1 is 1.10 bits per heavy atom. The average Bonchev–Trinajstić information content (AvgIpc) is 2.27. The molecule has 0 amide bonds. The molecule has 0 saturated carbocycles. The van der Waals surface area contributed by atoms with Gasteiger partial charge in [-0.05, 0) is 31.7 Å². The lowest BCUT2D eigenvalue weighted by molar-refractivity contribution is 0.395. The molecule has 1 nitrogen and oxygen atoms in total. The van der Waals surface area contributed by atoms with Gasteiger partial charge in [-0.1, -0.05) is 12.2 Å². The summed E-state index contributed by atoms with van der Waals surface area (Å²) in [6.07, 6.45) is 7.35. The second kappa shape index (κ2) is 2.39. The Labute approximate surface area is 62.7 Å². The molecule has 1 heterocycles. The van der Waals surface area contributed by atoms with Crippen molar-refractivity contribution in [1.82, 2.24) is 4.90 Å². The summed E-state index contributed by atoms with van der Waals surface area (Å²) < 4.78 is 0. The van der Waals surface area contributed by atoms with E-state index in [4.69, 9.17) is 0 Å². The van der Waals surface area contributed by atoms with E-state index in [2.05, 4.69) is 24.1 Å². The molecule has 1 aliphatic heterocycles. The Hall–Kier alpha value is -0.300. The van der Waals surface area contributed by atoms with Crippen molar-refractivity contribution < 1.29 is 0 Å². The van der Waals surface area contributed by atoms with Crippen LogP contribution in [0.5, 0.6) is 0 Å². The van der Waals surface area contributed by atoms with E-state index >= 15 is 0 Å². The van der Waals surface area contributed by atoms with Gasteiger partial charge < -0.3 is 4.90 Å². The van der Waals surface area contributed by atoms with E-state index < -0.39 is 0 Å². The number of fused-ring (bicyclic) bond motifs is 1. The Balaban J connectivity index is 2.05. The molecule has 1 heteroatoms. The predicted molar refractivity (Wildman–Crippen MR) is 42.9 cm³/mol. The van der Waals surface area contributed by atoms with Gasteiger partial charge in [0.25, 0.3) is 0 Å². The minimum Gasteiger partial charge on any atom is -0.306 e. The highest BCUT2D eigenvalue weighted by Gasteiger charge is 2.30. The van der Waals surface area contributed by atoms with Gasteiger partial charge >= 0.3 is 0 Å². The monoisotopic (exact) mass is 137 g/mol. The van der Waals surface area contributed by atoms with Crippen LogP contribution in [0.15, 0.2) is 12.2 Å². The van der Waals surface area contributed by atoms with Gasteiger partial charge in [0.15, 0.2) is 0 Å². The molecule has 0 radical (unpaired) electrons. The van der Waals surface area contributed by atoms with Crippen LogP contribution in [0.4, 0.5) is 0 Å². The first-order chi connectivity index (χ1) is 4.86. The molecule has 1 saturated heterocycles.